The lowest BCUT2D eigenvalue weighted by atomic mass is 9.80. The van der Waals surface area contributed by atoms with Crippen LogP contribution in [0.5, 0.6) is 0 Å². The van der Waals surface area contributed by atoms with Gasteiger partial charge in [0.25, 0.3) is 0 Å². The van der Waals surface area contributed by atoms with Crippen LogP contribution in [0.25, 0.3) is 0 Å². The molecular formula is C8H17NS. The molecule has 0 radical (unpaired) electrons. The Hall–Kier alpha value is 0.310. The first-order chi connectivity index (χ1) is 4.70. The first-order valence-corrected chi connectivity index (χ1v) is 4.67. The SMILES string of the molecule is CCC1(C)CN(CCS)C1. The van der Waals surface area contributed by atoms with Crippen molar-refractivity contribution in [2.75, 3.05) is 25.4 Å². The first-order valence-electron chi connectivity index (χ1n) is 4.03. The van der Waals surface area contributed by atoms with Crippen molar-refractivity contribution in [2.45, 2.75) is 20.3 Å². The molecule has 1 aliphatic rings. The van der Waals surface area contributed by atoms with Crippen LogP contribution in [0.15, 0.2) is 0 Å². The van der Waals surface area contributed by atoms with Crippen LogP contribution in [-0.4, -0.2) is 30.3 Å². The molecule has 0 N–H and O–H groups in total. The van der Waals surface area contributed by atoms with E-state index < -0.39 is 0 Å². The lowest BCUT2D eigenvalue weighted by Crippen LogP contribution is -2.54. The topological polar surface area (TPSA) is 3.24 Å². The third kappa shape index (κ3) is 1.67. The quantitative estimate of drug-likeness (QED) is 0.613. The molecule has 0 aromatic heterocycles. The summed E-state index contributed by atoms with van der Waals surface area (Å²) in [5, 5.41) is 0. The summed E-state index contributed by atoms with van der Waals surface area (Å²) in [5.74, 6) is 1.000. The van der Waals surface area contributed by atoms with Crippen LogP contribution in [0.1, 0.15) is 20.3 Å². The molecule has 1 nitrogen and oxygen atoms in total. The van der Waals surface area contributed by atoms with Crippen LogP contribution >= 0.6 is 12.6 Å². The summed E-state index contributed by atoms with van der Waals surface area (Å²) in [6.07, 6.45) is 1.32. The molecule has 0 bridgehead atoms. The normalized spacial score (nSPS) is 24.3. The smallest absolute Gasteiger partial charge is 0.00703 e. The molecule has 1 aliphatic heterocycles. The molecule has 1 fully saturated rings. The van der Waals surface area contributed by atoms with Gasteiger partial charge in [-0.1, -0.05) is 13.8 Å². The maximum absolute atomic E-state index is 4.19. The minimum absolute atomic E-state index is 0.628. The maximum Gasteiger partial charge on any atom is 0.00703 e. The van der Waals surface area contributed by atoms with Crippen molar-refractivity contribution in [1.29, 1.82) is 0 Å². The third-order valence-electron chi connectivity index (χ3n) is 2.48. The highest BCUT2D eigenvalue weighted by atomic mass is 32.1. The Morgan fingerprint density at radius 2 is 2.10 bits per heavy atom. The fourth-order valence-corrected chi connectivity index (χ4v) is 1.84. The van der Waals surface area contributed by atoms with Crippen LogP contribution in [0.3, 0.4) is 0 Å². The molecule has 2 heteroatoms. The number of hydrogen-bond acceptors (Lipinski definition) is 2. The standard InChI is InChI=1S/C8H17NS/c1-3-8(2)6-9(7-8)4-5-10/h10H,3-7H2,1-2H3. The van der Waals surface area contributed by atoms with E-state index in [1.165, 1.54) is 26.1 Å². The Morgan fingerprint density at radius 3 is 2.50 bits per heavy atom. The Morgan fingerprint density at radius 1 is 1.50 bits per heavy atom. The van der Waals surface area contributed by atoms with Gasteiger partial charge in [-0.2, -0.15) is 12.6 Å². The Bertz CT molecular complexity index is 108. The molecule has 0 aliphatic carbocycles. The molecule has 1 heterocycles. The van der Waals surface area contributed by atoms with Crippen molar-refractivity contribution in [3.8, 4) is 0 Å². The van der Waals surface area contributed by atoms with Gasteiger partial charge in [-0.15, -0.1) is 0 Å². The van der Waals surface area contributed by atoms with Crippen molar-refractivity contribution < 1.29 is 0 Å². The Balaban J connectivity index is 2.16. The number of rotatable bonds is 3. The molecule has 60 valence electrons. The van der Waals surface area contributed by atoms with Crippen molar-refractivity contribution in [1.82, 2.24) is 4.90 Å². The van der Waals surface area contributed by atoms with Crippen molar-refractivity contribution in [3.63, 3.8) is 0 Å². The molecule has 0 unspecified atom stereocenters. The minimum Gasteiger partial charge on any atom is -0.301 e. The lowest BCUT2D eigenvalue weighted by Gasteiger charge is -2.47. The molecule has 0 aromatic carbocycles. The summed E-state index contributed by atoms with van der Waals surface area (Å²) in [7, 11) is 0. The van der Waals surface area contributed by atoms with Gasteiger partial charge < -0.3 is 4.90 Å². The summed E-state index contributed by atoms with van der Waals surface area (Å²) in [6, 6.07) is 0. The third-order valence-corrected chi connectivity index (χ3v) is 2.68. The zero-order chi connectivity index (χ0) is 7.61. The number of nitrogens with zero attached hydrogens (tertiary/aromatic N) is 1. The summed E-state index contributed by atoms with van der Waals surface area (Å²) < 4.78 is 0. The van der Waals surface area contributed by atoms with E-state index in [4.69, 9.17) is 0 Å². The van der Waals surface area contributed by atoms with E-state index in [9.17, 15) is 0 Å². The first kappa shape index (κ1) is 8.41. The molecule has 0 aromatic rings. The van der Waals surface area contributed by atoms with Gasteiger partial charge in [0.05, 0.1) is 0 Å². The van der Waals surface area contributed by atoms with Crippen LogP contribution < -0.4 is 0 Å². The van der Waals surface area contributed by atoms with E-state index >= 15 is 0 Å². The summed E-state index contributed by atoms with van der Waals surface area (Å²) in [6.45, 7) is 8.37. The van der Waals surface area contributed by atoms with Crippen molar-refractivity contribution in [2.24, 2.45) is 5.41 Å². The van der Waals surface area contributed by atoms with E-state index in [0.29, 0.717) is 5.41 Å². The average molecular weight is 159 g/mol. The molecule has 10 heavy (non-hydrogen) atoms. The largest absolute Gasteiger partial charge is 0.301 e. The van der Waals surface area contributed by atoms with Crippen molar-refractivity contribution in [3.05, 3.63) is 0 Å². The van der Waals surface area contributed by atoms with Crippen LogP contribution in [-0.2, 0) is 0 Å². The maximum atomic E-state index is 4.19. The van der Waals surface area contributed by atoms with Gasteiger partial charge in [0.2, 0.25) is 0 Å². The molecule has 1 saturated heterocycles. The number of hydrogen-bond donors (Lipinski definition) is 1. The number of likely N-dealkylation sites (tertiary alicyclic amines) is 1. The van der Waals surface area contributed by atoms with Gasteiger partial charge in [-0.3, -0.25) is 0 Å². The van der Waals surface area contributed by atoms with E-state index in [0.717, 1.165) is 5.75 Å². The van der Waals surface area contributed by atoms with Crippen LogP contribution in [0, 0.1) is 5.41 Å². The summed E-state index contributed by atoms with van der Waals surface area (Å²) in [5.41, 5.74) is 0.628. The zero-order valence-corrected chi connectivity index (χ0v) is 7.82. The van der Waals surface area contributed by atoms with E-state index in [2.05, 4.69) is 31.4 Å². The average Bonchev–Trinajstić information content (AvgIpc) is 1.85. The Labute approximate surface area is 69.2 Å². The van der Waals surface area contributed by atoms with E-state index in [-0.39, 0.29) is 0 Å². The second-order valence-electron chi connectivity index (χ2n) is 3.60. The van der Waals surface area contributed by atoms with Gasteiger partial charge in [-0.05, 0) is 11.8 Å². The summed E-state index contributed by atoms with van der Waals surface area (Å²) >= 11 is 4.19. The van der Waals surface area contributed by atoms with Gasteiger partial charge >= 0.3 is 0 Å². The van der Waals surface area contributed by atoms with Gasteiger partial charge in [-0.25, -0.2) is 0 Å². The molecular weight excluding hydrogens is 142 g/mol. The summed E-state index contributed by atoms with van der Waals surface area (Å²) in [4.78, 5) is 2.47. The predicted molar refractivity (Wildman–Crippen MR) is 48.7 cm³/mol. The second kappa shape index (κ2) is 3.14. The highest BCUT2D eigenvalue weighted by Crippen LogP contribution is 2.32. The van der Waals surface area contributed by atoms with E-state index in [1.807, 2.05) is 0 Å². The van der Waals surface area contributed by atoms with E-state index in [1.54, 1.807) is 0 Å². The fraction of sp³-hybridized carbons (Fsp3) is 1.00. The predicted octanol–water partition coefficient (Wildman–Crippen LogP) is 1.65. The minimum atomic E-state index is 0.628. The molecule has 0 spiro atoms. The monoisotopic (exact) mass is 159 g/mol. The fourth-order valence-electron chi connectivity index (χ4n) is 1.56. The van der Waals surface area contributed by atoms with Crippen LogP contribution in [0.2, 0.25) is 0 Å². The molecule has 0 atom stereocenters. The Kier molecular flexibility index (Phi) is 2.64. The zero-order valence-electron chi connectivity index (χ0n) is 6.93. The molecule has 0 saturated carbocycles. The number of thiol groups is 1. The highest BCUT2D eigenvalue weighted by molar-refractivity contribution is 7.80. The van der Waals surface area contributed by atoms with Crippen LogP contribution in [0.4, 0.5) is 0 Å². The van der Waals surface area contributed by atoms with Gasteiger partial charge in [0, 0.05) is 25.4 Å². The lowest BCUT2D eigenvalue weighted by molar-refractivity contribution is 0.0185. The second-order valence-corrected chi connectivity index (χ2v) is 4.05. The van der Waals surface area contributed by atoms with Gasteiger partial charge in [0.1, 0.15) is 0 Å². The highest BCUT2D eigenvalue weighted by Gasteiger charge is 2.35. The molecule has 0 amide bonds. The van der Waals surface area contributed by atoms with Crippen molar-refractivity contribution >= 4 is 12.6 Å². The molecule has 1 rings (SSSR count). The van der Waals surface area contributed by atoms with Gasteiger partial charge in [0.15, 0.2) is 0 Å².